The summed E-state index contributed by atoms with van der Waals surface area (Å²) in [7, 11) is 0. The molecule has 1 aromatic heterocycles. The molecule has 1 heterocycles. The zero-order chi connectivity index (χ0) is 15.4. The first-order valence-electron chi connectivity index (χ1n) is 5.90. The van der Waals surface area contributed by atoms with Crippen molar-refractivity contribution >= 4 is 17.7 Å². The fraction of sp³-hybridized carbons (Fsp3) is 0.0714. The summed E-state index contributed by atoms with van der Waals surface area (Å²) < 4.78 is 26.2. The Hall–Kier alpha value is -2.83. The van der Waals surface area contributed by atoms with Gasteiger partial charge in [-0.25, -0.2) is 18.6 Å². The number of aromatic nitrogens is 1. The first-order chi connectivity index (χ1) is 9.95. The minimum atomic E-state index is -1.23. The van der Waals surface area contributed by atoms with Crippen LogP contribution in [0.15, 0.2) is 36.4 Å². The topological polar surface area (TPSA) is 79.3 Å². The van der Waals surface area contributed by atoms with Gasteiger partial charge in [0.2, 0.25) is 5.91 Å². The van der Waals surface area contributed by atoms with Crippen LogP contribution < -0.4 is 5.32 Å². The molecule has 0 spiro atoms. The van der Waals surface area contributed by atoms with Crippen LogP contribution in [0.3, 0.4) is 0 Å². The molecule has 0 atom stereocenters. The lowest BCUT2D eigenvalue weighted by Crippen LogP contribution is -2.17. The van der Waals surface area contributed by atoms with Crippen molar-refractivity contribution in [3.05, 3.63) is 59.3 Å². The normalized spacial score (nSPS) is 10.2. The van der Waals surface area contributed by atoms with Crippen LogP contribution in [0.2, 0.25) is 0 Å². The zero-order valence-electron chi connectivity index (χ0n) is 10.6. The van der Waals surface area contributed by atoms with Gasteiger partial charge in [-0.05, 0) is 23.8 Å². The number of halogens is 2. The monoisotopic (exact) mass is 292 g/mol. The molecule has 0 aliphatic rings. The first kappa shape index (κ1) is 14.6. The minimum absolute atomic E-state index is 0.0308. The van der Waals surface area contributed by atoms with Crippen molar-refractivity contribution < 1.29 is 23.5 Å². The summed E-state index contributed by atoms with van der Waals surface area (Å²) in [4.78, 5) is 26.2. The van der Waals surface area contributed by atoms with Crippen molar-refractivity contribution in [1.82, 2.24) is 4.98 Å². The Balaban J connectivity index is 2.08. The molecule has 0 saturated carbocycles. The lowest BCUT2D eigenvalue weighted by Gasteiger charge is -2.06. The molecule has 0 aliphatic heterocycles. The SMILES string of the molecule is O=C(Cc1ccc(F)cc1F)Nc1cccc(C(=O)O)n1. The third kappa shape index (κ3) is 3.82. The Labute approximate surface area is 118 Å². The fourth-order valence-corrected chi connectivity index (χ4v) is 1.65. The summed E-state index contributed by atoms with van der Waals surface area (Å²) >= 11 is 0. The van der Waals surface area contributed by atoms with Crippen LogP contribution in [-0.4, -0.2) is 22.0 Å². The number of benzene rings is 1. The van der Waals surface area contributed by atoms with Gasteiger partial charge in [-0.15, -0.1) is 0 Å². The van der Waals surface area contributed by atoms with E-state index in [1.165, 1.54) is 24.3 Å². The van der Waals surface area contributed by atoms with Crippen LogP contribution in [0.5, 0.6) is 0 Å². The summed E-state index contributed by atoms with van der Waals surface area (Å²) in [5.41, 5.74) is -0.191. The van der Waals surface area contributed by atoms with Gasteiger partial charge < -0.3 is 10.4 Å². The maximum Gasteiger partial charge on any atom is 0.354 e. The van der Waals surface area contributed by atoms with E-state index in [0.29, 0.717) is 6.07 Å². The Kier molecular flexibility index (Phi) is 4.22. The van der Waals surface area contributed by atoms with Gasteiger partial charge >= 0.3 is 5.97 Å². The minimum Gasteiger partial charge on any atom is -0.477 e. The number of amides is 1. The number of carbonyl (C=O) groups is 2. The summed E-state index contributed by atoms with van der Waals surface area (Å²) in [5, 5.41) is 11.1. The van der Waals surface area contributed by atoms with E-state index in [1.807, 2.05) is 0 Å². The summed E-state index contributed by atoms with van der Waals surface area (Å²) in [6.45, 7) is 0. The molecule has 2 rings (SSSR count). The predicted molar refractivity (Wildman–Crippen MR) is 69.9 cm³/mol. The van der Waals surface area contributed by atoms with Crippen molar-refractivity contribution in [1.29, 1.82) is 0 Å². The highest BCUT2D eigenvalue weighted by Gasteiger charge is 2.11. The van der Waals surface area contributed by atoms with Crippen LogP contribution in [0.1, 0.15) is 16.1 Å². The Bertz CT molecular complexity index is 704. The van der Waals surface area contributed by atoms with Gasteiger partial charge in [0.25, 0.3) is 0 Å². The van der Waals surface area contributed by atoms with Crippen LogP contribution in [0, 0.1) is 11.6 Å². The summed E-state index contributed by atoms with van der Waals surface area (Å²) in [5.74, 6) is -3.32. The van der Waals surface area contributed by atoms with Crippen molar-refractivity contribution in [3.63, 3.8) is 0 Å². The molecule has 1 aromatic carbocycles. The molecule has 0 saturated heterocycles. The molecule has 2 N–H and O–H groups in total. The van der Waals surface area contributed by atoms with E-state index in [2.05, 4.69) is 10.3 Å². The number of aromatic carboxylic acids is 1. The number of pyridine rings is 1. The number of anilines is 1. The molecule has 108 valence electrons. The van der Waals surface area contributed by atoms with Gasteiger partial charge in [0.1, 0.15) is 17.5 Å². The van der Waals surface area contributed by atoms with Gasteiger partial charge in [-0.3, -0.25) is 4.79 Å². The molecule has 0 unspecified atom stereocenters. The van der Waals surface area contributed by atoms with E-state index < -0.39 is 23.5 Å². The molecule has 1 amide bonds. The van der Waals surface area contributed by atoms with E-state index in [4.69, 9.17) is 5.11 Å². The van der Waals surface area contributed by atoms with Crippen LogP contribution in [0.25, 0.3) is 0 Å². The first-order valence-corrected chi connectivity index (χ1v) is 5.90. The number of hydrogen-bond acceptors (Lipinski definition) is 3. The molecule has 0 aliphatic carbocycles. The largest absolute Gasteiger partial charge is 0.477 e. The average Bonchev–Trinajstić information content (AvgIpc) is 2.42. The summed E-state index contributed by atoms with van der Waals surface area (Å²) in [6, 6.07) is 7.01. The second-order valence-corrected chi connectivity index (χ2v) is 4.17. The van der Waals surface area contributed by atoms with Crippen molar-refractivity contribution in [2.24, 2.45) is 0 Å². The Morgan fingerprint density at radius 2 is 1.95 bits per heavy atom. The third-order valence-corrected chi connectivity index (χ3v) is 2.60. The van der Waals surface area contributed by atoms with E-state index in [1.54, 1.807) is 0 Å². The molecular weight excluding hydrogens is 282 g/mol. The number of nitrogens with zero attached hydrogens (tertiary/aromatic N) is 1. The quantitative estimate of drug-likeness (QED) is 0.905. The van der Waals surface area contributed by atoms with Crippen molar-refractivity contribution in [3.8, 4) is 0 Å². The standard InChI is InChI=1S/C14H10F2N2O3/c15-9-5-4-8(10(16)7-9)6-13(19)18-12-3-1-2-11(17-12)14(20)21/h1-5,7H,6H2,(H,20,21)(H,17,18,19). The molecular formula is C14H10F2N2O3. The maximum absolute atomic E-state index is 13.4. The molecule has 0 radical (unpaired) electrons. The van der Waals surface area contributed by atoms with Crippen LogP contribution >= 0.6 is 0 Å². The fourth-order valence-electron chi connectivity index (χ4n) is 1.65. The van der Waals surface area contributed by atoms with Crippen LogP contribution in [-0.2, 0) is 11.2 Å². The zero-order valence-corrected chi connectivity index (χ0v) is 10.6. The lowest BCUT2D eigenvalue weighted by molar-refractivity contribution is -0.115. The molecule has 0 bridgehead atoms. The highest BCUT2D eigenvalue weighted by atomic mass is 19.1. The molecule has 0 fully saturated rings. The summed E-state index contributed by atoms with van der Waals surface area (Å²) in [6.07, 6.45) is -0.314. The van der Waals surface area contributed by atoms with E-state index >= 15 is 0 Å². The van der Waals surface area contributed by atoms with Crippen molar-refractivity contribution in [2.75, 3.05) is 5.32 Å². The second-order valence-electron chi connectivity index (χ2n) is 4.17. The third-order valence-electron chi connectivity index (χ3n) is 2.60. The van der Waals surface area contributed by atoms with E-state index in [9.17, 15) is 18.4 Å². The second kappa shape index (κ2) is 6.08. The van der Waals surface area contributed by atoms with Gasteiger partial charge in [0.05, 0.1) is 6.42 Å². The lowest BCUT2D eigenvalue weighted by atomic mass is 10.1. The van der Waals surface area contributed by atoms with Gasteiger partial charge in [-0.1, -0.05) is 12.1 Å². The van der Waals surface area contributed by atoms with Gasteiger partial charge in [0.15, 0.2) is 5.69 Å². The number of carboxylic acid groups (broad SMARTS) is 1. The number of carboxylic acids is 1. The van der Waals surface area contributed by atoms with Gasteiger partial charge in [-0.2, -0.15) is 0 Å². The van der Waals surface area contributed by atoms with Gasteiger partial charge in [0, 0.05) is 6.07 Å². The number of carbonyl (C=O) groups excluding carboxylic acids is 1. The number of hydrogen-bond donors (Lipinski definition) is 2. The Morgan fingerprint density at radius 3 is 2.62 bits per heavy atom. The molecule has 5 nitrogen and oxygen atoms in total. The predicted octanol–water partition coefficient (Wildman–Crippen LogP) is 2.24. The molecule has 7 heteroatoms. The Morgan fingerprint density at radius 1 is 1.19 bits per heavy atom. The highest BCUT2D eigenvalue weighted by molar-refractivity contribution is 5.92. The smallest absolute Gasteiger partial charge is 0.354 e. The highest BCUT2D eigenvalue weighted by Crippen LogP contribution is 2.11. The van der Waals surface area contributed by atoms with E-state index in [0.717, 1.165) is 6.07 Å². The maximum atomic E-state index is 13.4. The van der Waals surface area contributed by atoms with Crippen LogP contribution in [0.4, 0.5) is 14.6 Å². The number of nitrogens with one attached hydrogen (secondary N) is 1. The molecule has 2 aromatic rings. The average molecular weight is 292 g/mol. The van der Waals surface area contributed by atoms with E-state index in [-0.39, 0.29) is 23.5 Å². The number of rotatable bonds is 4. The molecule has 21 heavy (non-hydrogen) atoms. The van der Waals surface area contributed by atoms with Crippen molar-refractivity contribution in [2.45, 2.75) is 6.42 Å².